The van der Waals surface area contributed by atoms with Crippen molar-refractivity contribution in [1.29, 1.82) is 0 Å². The Hall–Kier alpha value is -0.920. The first-order chi connectivity index (χ1) is 9.48. The van der Waals surface area contributed by atoms with Crippen LogP contribution in [0.1, 0.15) is 24.1 Å². The van der Waals surface area contributed by atoms with Crippen LogP contribution in [0.5, 0.6) is 0 Å². The van der Waals surface area contributed by atoms with Gasteiger partial charge in [0.15, 0.2) is 0 Å². The number of hydrogen-bond acceptors (Lipinski definition) is 4. The molecule has 2 unspecified atom stereocenters. The molecule has 1 aromatic heterocycles. The number of carbonyl (C=O) groups excluding carboxylic acids is 1. The van der Waals surface area contributed by atoms with Crippen LogP contribution in [-0.2, 0) is 14.8 Å². The topological polar surface area (TPSA) is 66.5 Å². The second-order valence-electron chi connectivity index (χ2n) is 5.47. The molecule has 0 aliphatic carbocycles. The molecule has 1 N–H and O–H groups in total. The number of aryl methyl sites for hydroxylation is 1. The van der Waals surface area contributed by atoms with Gasteiger partial charge in [-0.25, -0.2) is 8.42 Å². The molecule has 110 valence electrons. The molecule has 0 aromatic carbocycles. The van der Waals surface area contributed by atoms with E-state index in [1.807, 2.05) is 12.3 Å². The van der Waals surface area contributed by atoms with Gasteiger partial charge in [-0.1, -0.05) is 0 Å². The monoisotopic (exact) mass is 314 g/mol. The minimum atomic E-state index is -3.38. The van der Waals surface area contributed by atoms with Gasteiger partial charge in [-0.15, -0.1) is 11.3 Å². The maximum absolute atomic E-state index is 12.7. The number of hydrogen-bond donors (Lipinski definition) is 1. The third-order valence-electron chi connectivity index (χ3n) is 4.21. The molecule has 3 heterocycles. The van der Waals surface area contributed by atoms with E-state index in [2.05, 4.69) is 5.32 Å². The zero-order valence-electron chi connectivity index (χ0n) is 11.3. The van der Waals surface area contributed by atoms with Crippen LogP contribution >= 0.6 is 11.3 Å². The van der Waals surface area contributed by atoms with Gasteiger partial charge in [-0.2, -0.15) is 4.31 Å². The molecule has 3 rings (SSSR count). The maximum Gasteiger partial charge on any atom is 0.244 e. The smallest absolute Gasteiger partial charge is 0.244 e. The molecule has 7 heteroatoms. The van der Waals surface area contributed by atoms with Gasteiger partial charge in [0.1, 0.15) is 0 Å². The van der Waals surface area contributed by atoms with Crippen molar-refractivity contribution in [2.75, 3.05) is 13.1 Å². The first-order valence-electron chi connectivity index (χ1n) is 6.82. The van der Waals surface area contributed by atoms with Crippen molar-refractivity contribution in [2.45, 2.75) is 37.1 Å². The van der Waals surface area contributed by atoms with Gasteiger partial charge in [0.05, 0.1) is 4.90 Å². The zero-order valence-corrected chi connectivity index (χ0v) is 13.0. The molecule has 2 aliphatic rings. The Bertz CT molecular complexity index is 623. The zero-order chi connectivity index (χ0) is 14.3. The molecular weight excluding hydrogens is 296 g/mol. The summed E-state index contributed by atoms with van der Waals surface area (Å²) in [7, 11) is -3.38. The second-order valence-corrected chi connectivity index (χ2v) is 8.49. The van der Waals surface area contributed by atoms with Crippen molar-refractivity contribution < 1.29 is 13.2 Å². The van der Waals surface area contributed by atoms with E-state index in [1.54, 1.807) is 10.4 Å². The second kappa shape index (κ2) is 5.13. The number of rotatable bonds is 2. The molecule has 0 bridgehead atoms. The fourth-order valence-corrected chi connectivity index (χ4v) is 5.83. The number of sulfonamides is 1. The minimum absolute atomic E-state index is 0.0937. The van der Waals surface area contributed by atoms with E-state index in [1.165, 1.54) is 11.3 Å². The number of fused-ring (bicyclic) bond motifs is 1. The van der Waals surface area contributed by atoms with E-state index in [9.17, 15) is 13.2 Å². The average Bonchev–Trinajstić information content (AvgIpc) is 2.85. The van der Waals surface area contributed by atoms with Crippen LogP contribution in [0.3, 0.4) is 0 Å². The fourth-order valence-electron chi connectivity index (χ4n) is 3.08. The predicted octanol–water partition coefficient (Wildman–Crippen LogP) is 1.35. The summed E-state index contributed by atoms with van der Waals surface area (Å²) in [5.74, 6) is 0.339. The van der Waals surface area contributed by atoms with Crippen LogP contribution in [0.25, 0.3) is 0 Å². The van der Waals surface area contributed by atoms with Gasteiger partial charge in [0.25, 0.3) is 0 Å². The van der Waals surface area contributed by atoms with Gasteiger partial charge >= 0.3 is 0 Å². The number of thiophene rings is 1. The summed E-state index contributed by atoms with van der Waals surface area (Å²) in [5, 5.41) is 4.79. The Morgan fingerprint density at radius 3 is 2.90 bits per heavy atom. The van der Waals surface area contributed by atoms with Crippen molar-refractivity contribution in [3.63, 3.8) is 0 Å². The number of piperidine rings is 2. The highest BCUT2D eigenvalue weighted by Crippen LogP contribution is 2.31. The van der Waals surface area contributed by atoms with Gasteiger partial charge in [0.2, 0.25) is 15.9 Å². The van der Waals surface area contributed by atoms with Crippen LogP contribution in [0.15, 0.2) is 16.3 Å². The number of carbonyl (C=O) groups is 1. The third kappa shape index (κ3) is 2.38. The summed E-state index contributed by atoms with van der Waals surface area (Å²) >= 11 is 1.46. The van der Waals surface area contributed by atoms with E-state index in [4.69, 9.17) is 0 Å². The lowest BCUT2D eigenvalue weighted by molar-refractivity contribution is -0.124. The lowest BCUT2D eigenvalue weighted by Gasteiger charge is -2.40. The van der Waals surface area contributed by atoms with Gasteiger partial charge in [0, 0.05) is 30.4 Å². The highest BCUT2D eigenvalue weighted by Gasteiger charge is 2.38. The summed E-state index contributed by atoms with van der Waals surface area (Å²) in [6.07, 6.45) is 2.00. The van der Waals surface area contributed by atoms with E-state index >= 15 is 0 Å². The van der Waals surface area contributed by atoms with Crippen molar-refractivity contribution in [1.82, 2.24) is 9.62 Å². The van der Waals surface area contributed by atoms with E-state index < -0.39 is 10.0 Å². The predicted molar refractivity (Wildman–Crippen MR) is 77.1 cm³/mol. The molecule has 0 saturated carbocycles. The van der Waals surface area contributed by atoms with Crippen LogP contribution in [0.2, 0.25) is 0 Å². The molecule has 5 nitrogen and oxygen atoms in total. The lowest BCUT2D eigenvalue weighted by Crippen LogP contribution is -2.55. The first kappa shape index (κ1) is 14.0. The number of nitrogens with one attached hydrogen (secondary N) is 1. The van der Waals surface area contributed by atoms with Crippen molar-refractivity contribution >= 4 is 27.3 Å². The highest BCUT2D eigenvalue weighted by atomic mass is 32.2. The molecule has 2 aliphatic heterocycles. The van der Waals surface area contributed by atoms with Gasteiger partial charge in [-0.05, 0) is 37.1 Å². The van der Waals surface area contributed by atoms with Crippen LogP contribution in [0.4, 0.5) is 0 Å². The molecule has 20 heavy (non-hydrogen) atoms. The molecule has 0 spiro atoms. The van der Waals surface area contributed by atoms with E-state index in [-0.39, 0.29) is 17.9 Å². The minimum Gasteiger partial charge on any atom is -0.353 e. The van der Waals surface area contributed by atoms with Crippen LogP contribution in [-0.4, -0.2) is 37.8 Å². The van der Waals surface area contributed by atoms with Crippen molar-refractivity contribution in [3.05, 3.63) is 16.3 Å². The van der Waals surface area contributed by atoms with Crippen LogP contribution in [0, 0.1) is 12.8 Å². The number of nitrogens with zero attached hydrogens (tertiary/aromatic N) is 1. The average molecular weight is 314 g/mol. The molecule has 1 aromatic rings. The lowest BCUT2D eigenvalue weighted by atomic mass is 9.86. The molecule has 2 atom stereocenters. The quantitative estimate of drug-likeness (QED) is 0.896. The number of amides is 1. The standard InChI is InChI=1S/C13H18N2O3S2/c1-9-12(5-7-19-9)20(17,18)15-6-4-11-10(8-15)2-3-13(16)14-11/h5,7,10-11H,2-4,6,8H2,1H3,(H,14,16). The Balaban J connectivity index is 1.80. The molecular formula is C13H18N2O3S2. The summed E-state index contributed by atoms with van der Waals surface area (Å²) in [5.41, 5.74) is 0. The third-order valence-corrected chi connectivity index (χ3v) is 7.20. The largest absolute Gasteiger partial charge is 0.353 e. The summed E-state index contributed by atoms with van der Waals surface area (Å²) in [6, 6.07) is 1.83. The normalized spacial score (nSPS) is 27.9. The summed E-state index contributed by atoms with van der Waals surface area (Å²) in [4.78, 5) is 12.7. The Morgan fingerprint density at radius 2 is 2.20 bits per heavy atom. The summed E-state index contributed by atoms with van der Waals surface area (Å²) in [6.45, 7) is 2.84. The van der Waals surface area contributed by atoms with E-state index in [0.717, 1.165) is 11.3 Å². The van der Waals surface area contributed by atoms with Gasteiger partial charge in [-0.3, -0.25) is 4.79 Å². The van der Waals surface area contributed by atoms with Crippen LogP contribution < -0.4 is 5.32 Å². The Morgan fingerprint density at radius 1 is 1.40 bits per heavy atom. The molecule has 2 saturated heterocycles. The maximum atomic E-state index is 12.7. The molecule has 2 fully saturated rings. The van der Waals surface area contributed by atoms with E-state index in [0.29, 0.717) is 30.8 Å². The first-order valence-corrected chi connectivity index (χ1v) is 9.14. The van der Waals surface area contributed by atoms with Crippen molar-refractivity contribution in [3.8, 4) is 0 Å². The Kier molecular flexibility index (Phi) is 3.60. The summed E-state index contributed by atoms with van der Waals surface area (Å²) < 4.78 is 26.9. The highest BCUT2D eigenvalue weighted by molar-refractivity contribution is 7.89. The SMILES string of the molecule is Cc1sccc1S(=O)(=O)N1CCC2NC(=O)CCC2C1. The fraction of sp³-hybridized carbons (Fsp3) is 0.615. The Labute approximate surface area is 123 Å². The van der Waals surface area contributed by atoms with Gasteiger partial charge < -0.3 is 5.32 Å². The molecule has 0 radical (unpaired) electrons. The van der Waals surface area contributed by atoms with Crippen molar-refractivity contribution in [2.24, 2.45) is 5.92 Å². The molecule has 1 amide bonds.